The Morgan fingerprint density at radius 1 is 1.40 bits per heavy atom. The molecular weight excluding hydrogens is 276 g/mol. The molecule has 0 radical (unpaired) electrons. The zero-order valence-corrected chi connectivity index (χ0v) is 12.7. The molecule has 6 heteroatoms. The first kappa shape index (κ1) is 16.6. The summed E-state index contributed by atoms with van der Waals surface area (Å²) >= 11 is 0. The van der Waals surface area contributed by atoms with Crippen molar-refractivity contribution in [1.29, 1.82) is 5.26 Å². The molecule has 0 saturated heterocycles. The second kappa shape index (κ2) is 6.84. The van der Waals surface area contributed by atoms with Gasteiger partial charge in [-0.15, -0.1) is 0 Å². The number of rotatable bonds is 6. The van der Waals surface area contributed by atoms with Gasteiger partial charge in [0.15, 0.2) is 0 Å². The average molecular weight is 296 g/mol. The van der Waals surface area contributed by atoms with Gasteiger partial charge >= 0.3 is 0 Å². The molecule has 0 aliphatic heterocycles. The monoisotopic (exact) mass is 296 g/mol. The summed E-state index contributed by atoms with van der Waals surface area (Å²) in [5.74, 6) is 0.297. The topological polar surface area (TPSA) is 90.2 Å². The first-order valence-corrected chi connectivity index (χ1v) is 7.93. The number of hydrogen-bond donors (Lipinski definition) is 2. The highest BCUT2D eigenvalue weighted by molar-refractivity contribution is 7.89. The van der Waals surface area contributed by atoms with Gasteiger partial charge in [-0.05, 0) is 43.0 Å². The van der Waals surface area contributed by atoms with E-state index in [9.17, 15) is 13.5 Å². The van der Waals surface area contributed by atoms with E-state index in [2.05, 4.69) is 4.72 Å². The lowest BCUT2D eigenvalue weighted by Crippen LogP contribution is -2.33. The first-order valence-electron chi connectivity index (χ1n) is 6.44. The minimum Gasteiger partial charge on any atom is -0.392 e. The number of sulfonamides is 1. The van der Waals surface area contributed by atoms with Crippen molar-refractivity contribution in [3.8, 4) is 6.07 Å². The fourth-order valence-electron chi connectivity index (χ4n) is 1.93. The zero-order chi connectivity index (χ0) is 15.3. The number of nitriles is 1. The molecule has 1 aromatic carbocycles. The fraction of sp³-hybridized carbons (Fsp3) is 0.500. The van der Waals surface area contributed by atoms with E-state index in [4.69, 9.17) is 5.26 Å². The SMILES string of the molecule is Cc1cc(C#N)ccc1S(=O)(=O)NCC(O)CC(C)C. The summed E-state index contributed by atoms with van der Waals surface area (Å²) < 4.78 is 26.7. The molecule has 0 aromatic heterocycles. The molecule has 110 valence electrons. The summed E-state index contributed by atoms with van der Waals surface area (Å²) in [6, 6.07) is 6.36. The van der Waals surface area contributed by atoms with E-state index >= 15 is 0 Å². The molecule has 1 atom stereocenters. The van der Waals surface area contributed by atoms with E-state index in [1.54, 1.807) is 6.92 Å². The van der Waals surface area contributed by atoms with Gasteiger partial charge in [-0.2, -0.15) is 5.26 Å². The number of nitrogens with one attached hydrogen (secondary N) is 1. The van der Waals surface area contributed by atoms with Crippen LogP contribution in [-0.4, -0.2) is 26.2 Å². The van der Waals surface area contributed by atoms with Gasteiger partial charge in [-0.3, -0.25) is 0 Å². The molecule has 0 bridgehead atoms. The summed E-state index contributed by atoms with van der Waals surface area (Å²) in [6.45, 7) is 5.55. The molecular formula is C14H20N2O3S. The number of benzene rings is 1. The molecule has 1 rings (SSSR count). The molecule has 1 unspecified atom stereocenters. The highest BCUT2D eigenvalue weighted by Crippen LogP contribution is 2.16. The van der Waals surface area contributed by atoms with Crippen molar-refractivity contribution < 1.29 is 13.5 Å². The molecule has 20 heavy (non-hydrogen) atoms. The van der Waals surface area contributed by atoms with Crippen LogP contribution in [0.3, 0.4) is 0 Å². The zero-order valence-electron chi connectivity index (χ0n) is 11.9. The van der Waals surface area contributed by atoms with E-state index in [1.807, 2.05) is 19.9 Å². The van der Waals surface area contributed by atoms with Crippen LogP contribution in [0.25, 0.3) is 0 Å². The van der Waals surface area contributed by atoms with Gasteiger partial charge in [0, 0.05) is 6.54 Å². The number of aliphatic hydroxyl groups is 1. The van der Waals surface area contributed by atoms with Crippen molar-refractivity contribution in [3.05, 3.63) is 29.3 Å². The number of hydrogen-bond acceptors (Lipinski definition) is 4. The van der Waals surface area contributed by atoms with Gasteiger partial charge in [0.05, 0.1) is 22.6 Å². The average Bonchev–Trinajstić information content (AvgIpc) is 2.35. The largest absolute Gasteiger partial charge is 0.392 e. The van der Waals surface area contributed by atoms with Crippen LogP contribution in [-0.2, 0) is 10.0 Å². The molecule has 0 saturated carbocycles. The van der Waals surface area contributed by atoms with Crippen LogP contribution < -0.4 is 4.72 Å². The standard InChI is InChI=1S/C14H20N2O3S/c1-10(2)6-13(17)9-16-20(18,19)14-5-4-12(8-15)7-11(14)3/h4-5,7,10,13,16-17H,6,9H2,1-3H3. The molecule has 0 spiro atoms. The van der Waals surface area contributed by atoms with E-state index < -0.39 is 16.1 Å². The molecule has 0 fully saturated rings. The third-order valence-corrected chi connectivity index (χ3v) is 4.43. The van der Waals surface area contributed by atoms with Crippen LogP contribution in [0, 0.1) is 24.2 Å². The Bertz CT molecular complexity index is 603. The Morgan fingerprint density at radius 3 is 2.55 bits per heavy atom. The quantitative estimate of drug-likeness (QED) is 0.833. The Morgan fingerprint density at radius 2 is 2.05 bits per heavy atom. The maximum atomic E-state index is 12.1. The highest BCUT2D eigenvalue weighted by atomic mass is 32.2. The van der Waals surface area contributed by atoms with Gasteiger partial charge < -0.3 is 5.11 Å². The van der Waals surface area contributed by atoms with Crippen molar-refractivity contribution in [2.45, 2.75) is 38.2 Å². The van der Waals surface area contributed by atoms with E-state index in [1.165, 1.54) is 18.2 Å². The van der Waals surface area contributed by atoms with Crippen molar-refractivity contribution >= 4 is 10.0 Å². The number of nitrogens with zero attached hydrogens (tertiary/aromatic N) is 1. The van der Waals surface area contributed by atoms with E-state index in [-0.39, 0.29) is 11.4 Å². The first-order chi connectivity index (χ1) is 9.26. The van der Waals surface area contributed by atoms with Gasteiger partial charge in [0.25, 0.3) is 0 Å². The fourth-order valence-corrected chi connectivity index (χ4v) is 3.23. The molecule has 0 aliphatic rings. The minimum absolute atomic E-state index is 0.0139. The minimum atomic E-state index is -3.67. The third kappa shape index (κ3) is 4.60. The summed E-state index contributed by atoms with van der Waals surface area (Å²) in [4.78, 5) is 0.133. The molecule has 0 aliphatic carbocycles. The number of aryl methyl sites for hydroxylation is 1. The molecule has 2 N–H and O–H groups in total. The van der Waals surface area contributed by atoms with Crippen LogP contribution in [0.5, 0.6) is 0 Å². The predicted octanol–water partition coefficient (Wildman–Crippen LogP) is 1.55. The summed E-state index contributed by atoms with van der Waals surface area (Å²) in [6.07, 6.45) is -0.169. The highest BCUT2D eigenvalue weighted by Gasteiger charge is 2.18. The van der Waals surface area contributed by atoms with Crippen LogP contribution in [0.4, 0.5) is 0 Å². The van der Waals surface area contributed by atoms with Crippen LogP contribution in [0.15, 0.2) is 23.1 Å². The lowest BCUT2D eigenvalue weighted by molar-refractivity contribution is 0.152. The lowest BCUT2D eigenvalue weighted by atomic mass is 10.1. The van der Waals surface area contributed by atoms with Crippen molar-refractivity contribution in [2.75, 3.05) is 6.54 Å². The van der Waals surface area contributed by atoms with E-state index in [0.717, 1.165) is 0 Å². The van der Waals surface area contributed by atoms with Crippen LogP contribution >= 0.6 is 0 Å². The predicted molar refractivity (Wildman–Crippen MR) is 76.5 cm³/mol. The second-order valence-electron chi connectivity index (χ2n) is 5.23. The van der Waals surface area contributed by atoms with Crippen molar-refractivity contribution in [1.82, 2.24) is 4.72 Å². The Labute approximate surface area is 120 Å². The molecule has 5 nitrogen and oxygen atoms in total. The van der Waals surface area contributed by atoms with Crippen molar-refractivity contribution in [2.24, 2.45) is 5.92 Å². The van der Waals surface area contributed by atoms with Gasteiger partial charge in [0.2, 0.25) is 10.0 Å². The van der Waals surface area contributed by atoms with Gasteiger partial charge in [0.1, 0.15) is 0 Å². The molecule has 0 heterocycles. The molecule has 1 aromatic rings. The Hall–Kier alpha value is -1.42. The summed E-state index contributed by atoms with van der Waals surface area (Å²) in [5.41, 5.74) is 0.927. The van der Waals surface area contributed by atoms with E-state index in [0.29, 0.717) is 23.5 Å². The summed E-state index contributed by atoms with van der Waals surface area (Å²) in [5, 5.41) is 18.5. The number of aliphatic hydroxyl groups excluding tert-OH is 1. The normalized spacial score (nSPS) is 13.2. The smallest absolute Gasteiger partial charge is 0.240 e. The molecule has 0 amide bonds. The van der Waals surface area contributed by atoms with Crippen molar-refractivity contribution in [3.63, 3.8) is 0 Å². The Kier molecular flexibility index (Phi) is 5.69. The van der Waals surface area contributed by atoms with Gasteiger partial charge in [-0.25, -0.2) is 13.1 Å². The maximum Gasteiger partial charge on any atom is 0.240 e. The maximum absolute atomic E-state index is 12.1. The van der Waals surface area contributed by atoms with Gasteiger partial charge in [-0.1, -0.05) is 13.8 Å². The van der Waals surface area contributed by atoms with Crippen LogP contribution in [0.2, 0.25) is 0 Å². The van der Waals surface area contributed by atoms with Crippen LogP contribution in [0.1, 0.15) is 31.4 Å². The lowest BCUT2D eigenvalue weighted by Gasteiger charge is -2.15. The second-order valence-corrected chi connectivity index (χ2v) is 6.96. The third-order valence-electron chi connectivity index (χ3n) is 2.85. The summed E-state index contributed by atoms with van der Waals surface area (Å²) in [7, 11) is -3.67. The Balaban J connectivity index is 2.82.